The summed E-state index contributed by atoms with van der Waals surface area (Å²) in [5, 5.41) is 2.57. The highest BCUT2D eigenvalue weighted by atomic mass is 16.2. The van der Waals surface area contributed by atoms with Crippen LogP contribution in [0, 0.1) is 6.92 Å². The molecule has 0 spiro atoms. The summed E-state index contributed by atoms with van der Waals surface area (Å²) in [6.45, 7) is 4.85. The van der Waals surface area contributed by atoms with Gasteiger partial charge in [0.2, 0.25) is 5.91 Å². The zero-order chi connectivity index (χ0) is 13.2. The fourth-order valence-corrected chi connectivity index (χ4v) is 1.31. The van der Waals surface area contributed by atoms with Crippen molar-refractivity contribution in [3.63, 3.8) is 0 Å². The molecule has 0 fully saturated rings. The van der Waals surface area contributed by atoms with Crippen LogP contribution in [0.2, 0.25) is 0 Å². The predicted molar refractivity (Wildman–Crippen MR) is 66.3 cm³/mol. The molecule has 1 aromatic carbocycles. The van der Waals surface area contributed by atoms with Crippen LogP contribution in [0.3, 0.4) is 0 Å². The van der Waals surface area contributed by atoms with Crippen LogP contribution in [-0.2, 0) is 4.79 Å². The van der Waals surface area contributed by atoms with E-state index in [9.17, 15) is 9.59 Å². The van der Waals surface area contributed by atoms with Crippen LogP contribution in [-0.4, -0.2) is 17.4 Å². The first-order chi connectivity index (χ1) is 7.75. The number of carbonyl (C=O) groups excluding carboxylic acids is 2. The molecule has 92 valence electrons. The number of primary amides is 1. The van der Waals surface area contributed by atoms with Gasteiger partial charge in [0.05, 0.1) is 0 Å². The summed E-state index contributed by atoms with van der Waals surface area (Å²) in [5.41, 5.74) is 11.5. The van der Waals surface area contributed by atoms with Crippen LogP contribution < -0.4 is 16.8 Å². The SMILES string of the molecule is Cc1c(N)cccc1C(=O)NC(C)(C)C(N)=O. The van der Waals surface area contributed by atoms with Crippen LogP contribution >= 0.6 is 0 Å². The van der Waals surface area contributed by atoms with Crippen LogP contribution in [0.4, 0.5) is 5.69 Å². The lowest BCUT2D eigenvalue weighted by Crippen LogP contribution is -2.53. The van der Waals surface area contributed by atoms with Crippen molar-refractivity contribution in [3.05, 3.63) is 29.3 Å². The Kier molecular flexibility index (Phi) is 3.41. The van der Waals surface area contributed by atoms with Gasteiger partial charge in [-0.3, -0.25) is 9.59 Å². The van der Waals surface area contributed by atoms with Gasteiger partial charge in [-0.1, -0.05) is 6.07 Å². The molecule has 5 N–H and O–H groups in total. The topological polar surface area (TPSA) is 98.2 Å². The molecule has 0 aliphatic carbocycles. The fourth-order valence-electron chi connectivity index (χ4n) is 1.31. The summed E-state index contributed by atoms with van der Waals surface area (Å²) in [6, 6.07) is 5.05. The molecule has 17 heavy (non-hydrogen) atoms. The minimum atomic E-state index is -1.09. The van der Waals surface area contributed by atoms with Gasteiger partial charge in [-0.15, -0.1) is 0 Å². The Balaban J connectivity index is 2.99. The van der Waals surface area contributed by atoms with E-state index in [0.29, 0.717) is 16.8 Å². The fraction of sp³-hybridized carbons (Fsp3) is 0.333. The first kappa shape index (κ1) is 13.0. The monoisotopic (exact) mass is 235 g/mol. The average molecular weight is 235 g/mol. The van der Waals surface area contributed by atoms with E-state index in [2.05, 4.69) is 5.32 Å². The van der Waals surface area contributed by atoms with E-state index < -0.39 is 11.4 Å². The molecule has 0 atom stereocenters. The van der Waals surface area contributed by atoms with Crippen LogP contribution in [0.15, 0.2) is 18.2 Å². The number of carbonyl (C=O) groups is 2. The smallest absolute Gasteiger partial charge is 0.252 e. The molecule has 2 amide bonds. The third kappa shape index (κ3) is 2.75. The van der Waals surface area contributed by atoms with Crippen molar-refractivity contribution in [3.8, 4) is 0 Å². The molecule has 0 bridgehead atoms. The van der Waals surface area contributed by atoms with E-state index in [1.165, 1.54) is 0 Å². The summed E-state index contributed by atoms with van der Waals surface area (Å²) in [6.07, 6.45) is 0. The largest absolute Gasteiger partial charge is 0.398 e. The van der Waals surface area contributed by atoms with E-state index in [1.807, 2.05) is 0 Å². The van der Waals surface area contributed by atoms with Crippen molar-refractivity contribution in [1.29, 1.82) is 0 Å². The molecule has 0 saturated heterocycles. The summed E-state index contributed by atoms with van der Waals surface area (Å²) in [5.74, 6) is -0.953. The van der Waals surface area contributed by atoms with Gasteiger partial charge < -0.3 is 16.8 Å². The predicted octanol–water partition coefficient (Wildman–Crippen LogP) is 0.571. The van der Waals surface area contributed by atoms with E-state index in [4.69, 9.17) is 11.5 Å². The van der Waals surface area contributed by atoms with Crippen molar-refractivity contribution >= 4 is 17.5 Å². The Morgan fingerprint density at radius 1 is 1.29 bits per heavy atom. The maximum atomic E-state index is 12.0. The van der Waals surface area contributed by atoms with Gasteiger partial charge in [0, 0.05) is 11.3 Å². The minimum absolute atomic E-state index is 0.362. The van der Waals surface area contributed by atoms with E-state index in [1.54, 1.807) is 39.0 Å². The molecular formula is C12H17N3O2. The Labute approximate surface area is 100 Å². The molecule has 0 heterocycles. The highest BCUT2D eigenvalue weighted by Crippen LogP contribution is 2.16. The molecule has 0 aliphatic heterocycles. The number of amides is 2. The van der Waals surface area contributed by atoms with Crippen LogP contribution in [0.25, 0.3) is 0 Å². The van der Waals surface area contributed by atoms with Crippen molar-refractivity contribution < 1.29 is 9.59 Å². The second-order valence-corrected chi connectivity index (χ2v) is 4.46. The third-order valence-electron chi connectivity index (χ3n) is 2.66. The van der Waals surface area contributed by atoms with Crippen LogP contribution in [0.5, 0.6) is 0 Å². The quantitative estimate of drug-likeness (QED) is 0.668. The van der Waals surface area contributed by atoms with Gasteiger partial charge in [-0.25, -0.2) is 0 Å². The summed E-state index contributed by atoms with van der Waals surface area (Å²) in [4.78, 5) is 23.1. The van der Waals surface area contributed by atoms with Gasteiger partial charge >= 0.3 is 0 Å². The highest BCUT2D eigenvalue weighted by Gasteiger charge is 2.27. The molecule has 0 radical (unpaired) electrons. The van der Waals surface area contributed by atoms with Gasteiger partial charge in [-0.05, 0) is 38.5 Å². The molecule has 0 aliphatic rings. The standard InChI is InChI=1S/C12H17N3O2/c1-7-8(5-4-6-9(7)13)10(16)15-12(2,3)11(14)17/h4-6H,13H2,1-3H3,(H2,14,17)(H,15,16). The van der Waals surface area contributed by atoms with Crippen molar-refractivity contribution in [2.75, 3.05) is 5.73 Å². The molecule has 1 rings (SSSR count). The Morgan fingerprint density at radius 2 is 1.88 bits per heavy atom. The molecule has 0 unspecified atom stereocenters. The number of hydrogen-bond acceptors (Lipinski definition) is 3. The van der Waals surface area contributed by atoms with Crippen molar-refractivity contribution in [2.45, 2.75) is 26.3 Å². The molecular weight excluding hydrogens is 218 g/mol. The maximum absolute atomic E-state index is 12.0. The molecule has 5 nitrogen and oxygen atoms in total. The first-order valence-corrected chi connectivity index (χ1v) is 5.23. The Hall–Kier alpha value is -2.04. The number of hydrogen-bond donors (Lipinski definition) is 3. The summed E-state index contributed by atoms with van der Waals surface area (Å²) < 4.78 is 0. The lowest BCUT2D eigenvalue weighted by atomic mass is 10.0. The zero-order valence-electron chi connectivity index (χ0n) is 10.2. The van der Waals surface area contributed by atoms with Gasteiger partial charge in [-0.2, -0.15) is 0 Å². The summed E-state index contributed by atoms with van der Waals surface area (Å²) in [7, 11) is 0. The van der Waals surface area contributed by atoms with Crippen molar-refractivity contribution in [2.24, 2.45) is 5.73 Å². The van der Waals surface area contributed by atoms with Crippen molar-refractivity contribution in [1.82, 2.24) is 5.32 Å². The number of anilines is 1. The van der Waals surface area contributed by atoms with Gasteiger partial charge in [0.25, 0.3) is 5.91 Å². The van der Waals surface area contributed by atoms with Gasteiger partial charge in [0.15, 0.2) is 0 Å². The molecule has 0 aromatic heterocycles. The maximum Gasteiger partial charge on any atom is 0.252 e. The molecule has 0 saturated carbocycles. The highest BCUT2D eigenvalue weighted by molar-refractivity contribution is 6.00. The lowest BCUT2D eigenvalue weighted by Gasteiger charge is -2.22. The Morgan fingerprint density at radius 3 is 2.41 bits per heavy atom. The molecule has 5 heteroatoms. The second kappa shape index (κ2) is 4.45. The third-order valence-corrected chi connectivity index (χ3v) is 2.66. The number of nitrogen functional groups attached to an aromatic ring is 1. The van der Waals surface area contributed by atoms with E-state index in [-0.39, 0.29) is 5.91 Å². The second-order valence-electron chi connectivity index (χ2n) is 4.46. The van der Waals surface area contributed by atoms with Crippen LogP contribution in [0.1, 0.15) is 29.8 Å². The lowest BCUT2D eigenvalue weighted by molar-refractivity contribution is -0.122. The summed E-state index contributed by atoms with van der Waals surface area (Å²) >= 11 is 0. The zero-order valence-corrected chi connectivity index (χ0v) is 10.2. The number of nitrogens with two attached hydrogens (primary N) is 2. The molecule has 1 aromatic rings. The normalized spacial score (nSPS) is 11.0. The van der Waals surface area contributed by atoms with E-state index in [0.717, 1.165) is 0 Å². The van der Waals surface area contributed by atoms with Gasteiger partial charge in [0.1, 0.15) is 5.54 Å². The number of benzene rings is 1. The Bertz CT molecular complexity index is 467. The number of rotatable bonds is 3. The average Bonchev–Trinajstić information content (AvgIpc) is 2.21. The first-order valence-electron chi connectivity index (χ1n) is 5.23. The minimum Gasteiger partial charge on any atom is -0.398 e. The number of nitrogens with one attached hydrogen (secondary N) is 1. The van der Waals surface area contributed by atoms with E-state index >= 15 is 0 Å².